The second kappa shape index (κ2) is 5.68. The summed E-state index contributed by atoms with van der Waals surface area (Å²) in [6.45, 7) is 0. The molecule has 2 heteroatoms. The highest BCUT2D eigenvalue weighted by molar-refractivity contribution is 6.44. The second-order valence-electron chi connectivity index (χ2n) is 8.64. The molecular weight excluding hydrogens is 388 g/mol. The van der Waals surface area contributed by atoms with Crippen LogP contribution in [0.2, 0.25) is 0 Å². The van der Waals surface area contributed by atoms with Crippen molar-refractivity contribution in [2.45, 2.75) is 0 Å². The molecule has 0 unspecified atom stereocenters. The summed E-state index contributed by atoms with van der Waals surface area (Å²) in [6.07, 6.45) is 4.49. The molecule has 0 atom stereocenters. The van der Waals surface area contributed by atoms with Gasteiger partial charge in [0.05, 0.1) is 22.8 Å². The number of allylic oxidation sites excluding steroid dienone is 1. The van der Waals surface area contributed by atoms with Gasteiger partial charge in [-0.3, -0.25) is 0 Å². The van der Waals surface area contributed by atoms with Crippen LogP contribution in [-0.4, -0.2) is 11.4 Å². The lowest BCUT2D eigenvalue weighted by Gasteiger charge is -2.11. The number of rotatable bonds is 1. The minimum atomic E-state index is 1.06. The first-order valence-electron chi connectivity index (χ1n) is 10.9. The van der Waals surface area contributed by atoms with Crippen molar-refractivity contribution in [2.24, 2.45) is 9.98 Å². The number of benzene rings is 4. The maximum Gasteiger partial charge on any atom is 0.0795 e. The van der Waals surface area contributed by atoms with Crippen molar-refractivity contribution in [3.8, 4) is 11.1 Å². The Morgan fingerprint density at radius 2 is 1.47 bits per heavy atom. The van der Waals surface area contributed by atoms with Gasteiger partial charge in [0.15, 0.2) is 0 Å². The van der Waals surface area contributed by atoms with Gasteiger partial charge in [-0.1, -0.05) is 66.7 Å². The van der Waals surface area contributed by atoms with E-state index in [0.29, 0.717) is 0 Å². The lowest BCUT2D eigenvalue weighted by molar-refractivity contribution is 1.48. The topological polar surface area (TPSA) is 24.7 Å². The molecule has 2 heterocycles. The molecule has 4 aromatic carbocycles. The minimum absolute atomic E-state index is 1.06. The van der Waals surface area contributed by atoms with Gasteiger partial charge in [-0.15, -0.1) is 0 Å². The van der Waals surface area contributed by atoms with E-state index < -0.39 is 0 Å². The zero-order valence-electron chi connectivity index (χ0n) is 17.1. The predicted molar refractivity (Wildman–Crippen MR) is 132 cm³/mol. The van der Waals surface area contributed by atoms with E-state index in [-0.39, 0.29) is 0 Å². The summed E-state index contributed by atoms with van der Waals surface area (Å²) in [5.74, 6) is 0. The number of hydrogen-bond acceptors (Lipinski definition) is 2. The Morgan fingerprint density at radius 1 is 0.594 bits per heavy atom. The molecule has 32 heavy (non-hydrogen) atoms. The summed E-state index contributed by atoms with van der Waals surface area (Å²) in [5, 5.41) is 2.53. The summed E-state index contributed by atoms with van der Waals surface area (Å²) < 4.78 is 0. The Labute approximate surface area is 184 Å². The van der Waals surface area contributed by atoms with Crippen LogP contribution in [0, 0.1) is 0 Å². The number of fused-ring (bicyclic) bond motifs is 9. The van der Waals surface area contributed by atoms with Crippen molar-refractivity contribution >= 4 is 46.1 Å². The van der Waals surface area contributed by atoms with Gasteiger partial charge < -0.3 is 0 Å². The molecule has 4 aromatic rings. The van der Waals surface area contributed by atoms with E-state index in [1.54, 1.807) is 0 Å². The molecule has 4 aliphatic rings. The minimum Gasteiger partial charge on any atom is -0.248 e. The van der Waals surface area contributed by atoms with Crippen LogP contribution < -0.4 is 10.4 Å². The van der Waals surface area contributed by atoms with Gasteiger partial charge in [-0.2, -0.15) is 0 Å². The normalized spacial score (nSPS) is 15.6. The van der Waals surface area contributed by atoms with Crippen LogP contribution in [-0.2, 0) is 0 Å². The maximum absolute atomic E-state index is 5.01. The molecule has 146 valence electrons. The second-order valence-corrected chi connectivity index (χ2v) is 8.64. The quantitative estimate of drug-likeness (QED) is 0.405. The van der Waals surface area contributed by atoms with E-state index in [9.17, 15) is 0 Å². The van der Waals surface area contributed by atoms with Crippen molar-refractivity contribution < 1.29 is 0 Å². The lowest BCUT2D eigenvalue weighted by Crippen LogP contribution is -2.22. The SMILES string of the molecule is C1=C2C(=Nc3cccc(-c4ccc5c(c4)C4=c6ccccc6=CC4=N5)c32)c2ccccc21. The molecule has 0 aromatic heterocycles. The first kappa shape index (κ1) is 16.4. The fourth-order valence-corrected chi connectivity index (χ4v) is 5.51. The predicted octanol–water partition coefficient (Wildman–Crippen LogP) is 5.42. The van der Waals surface area contributed by atoms with Gasteiger partial charge in [0.25, 0.3) is 0 Å². The largest absolute Gasteiger partial charge is 0.248 e. The Morgan fingerprint density at radius 3 is 2.47 bits per heavy atom. The average molecular weight is 404 g/mol. The van der Waals surface area contributed by atoms with Crippen molar-refractivity contribution in [1.29, 1.82) is 0 Å². The summed E-state index contributed by atoms with van der Waals surface area (Å²) in [4.78, 5) is 9.92. The number of aliphatic imine (C=N–C) groups is 2. The third kappa shape index (κ3) is 1.99. The Balaban J connectivity index is 1.33. The molecule has 2 nitrogen and oxygen atoms in total. The van der Waals surface area contributed by atoms with E-state index in [1.165, 1.54) is 55.0 Å². The molecule has 0 fully saturated rings. The molecule has 2 aliphatic heterocycles. The molecule has 2 aliphatic carbocycles. The zero-order chi connectivity index (χ0) is 20.8. The van der Waals surface area contributed by atoms with Gasteiger partial charge in [0.2, 0.25) is 0 Å². The highest BCUT2D eigenvalue weighted by Gasteiger charge is 2.31. The van der Waals surface area contributed by atoms with Crippen molar-refractivity contribution in [2.75, 3.05) is 0 Å². The Bertz CT molecular complexity index is 1760. The van der Waals surface area contributed by atoms with E-state index in [0.717, 1.165) is 22.8 Å². The van der Waals surface area contributed by atoms with Crippen LogP contribution in [0.5, 0.6) is 0 Å². The first-order valence-corrected chi connectivity index (χ1v) is 10.9. The van der Waals surface area contributed by atoms with E-state index in [2.05, 4.69) is 97.1 Å². The fraction of sp³-hybridized carbons (Fsp3) is 0. The van der Waals surface area contributed by atoms with Crippen LogP contribution in [0.25, 0.3) is 34.4 Å². The van der Waals surface area contributed by atoms with E-state index in [4.69, 9.17) is 9.98 Å². The van der Waals surface area contributed by atoms with Crippen LogP contribution in [0.15, 0.2) is 94.9 Å². The van der Waals surface area contributed by atoms with Crippen LogP contribution in [0.1, 0.15) is 22.3 Å². The molecule has 0 bridgehead atoms. The number of nitrogens with zero attached hydrogens (tertiary/aromatic N) is 2. The fourth-order valence-electron chi connectivity index (χ4n) is 5.51. The standard InChI is InChI=1S/C30H16N2/c1-3-8-20-18(7-1)16-27-28(20)23-14-19(12-13-25(23)31-27)21-10-5-11-26-29(21)24-15-17-6-2-4-9-22(17)30(24)32-26/h1-16H. The third-order valence-electron chi connectivity index (χ3n) is 6.91. The van der Waals surface area contributed by atoms with Gasteiger partial charge in [-0.25, -0.2) is 9.98 Å². The molecule has 0 saturated heterocycles. The maximum atomic E-state index is 5.01. The monoisotopic (exact) mass is 404 g/mol. The summed E-state index contributed by atoms with van der Waals surface area (Å²) in [6, 6.07) is 30.2. The Hall–Kier alpha value is -4.30. The molecule has 0 N–H and O–H groups in total. The van der Waals surface area contributed by atoms with Gasteiger partial charge >= 0.3 is 0 Å². The molecule has 0 spiro atoms. The van der Waals surface area contributed by atoms with E-state index >= 15 is 0 Å². The molecule has 0 radical (unpaired) electrons. The molecule has 0 saturated carbocycles. The zero-order valence-corrected chi connectivity index (χ0v) is 17.1. The summed E-state index contributed by atoms with van der Waals surface area (Å²) in [5.41, 5.74) is 14.2. The lowest BCUT2D eigenvalue weighted by atomic mass is 9.91. The first-order chi connectivity index (χ1) is 15.8. The average Bonchev–Trinajstić information content (AvgIpc) is 3.55. The summed E-state index contributed by atoms with van der Waals surface area (Å²) in [7, 11) is 0. The smallest absolute Gasteiger partial charge is 0.0795 e. The number of hydrogen-bond donors (Lipinski definition) is 0. The Kier molecular flexibility index (Phi) is 2.91. The van der Waals surface area contributed by atoms with Gasteiger partial charge in [0, 0.05) is 27.8 Å². The highest BCUT2D eigenvalue weighted by atomic mass is 14.8. The van der Waals surface area contributed by atoms with Crippen LogP contribution >= 0.6 is 0 Å². The highest BCUT2D eigenvalue weighted by Crippen LogP contribution is 2.48. The van der Waals surface area contributed by atoms with Crippen molar-refractivity contribution in [3.63, 3.8) is 0 Å². The van der Waals surface area contributed by atoms with Crippen molar-refractivity contribution in [1.82, 2.24) is 0 Å². The van der Waals surface area contributed by atoms with E-state index in [1.807, 2.05) is 0 Å². The van der Waals surface area contributed by atoms with Crippen LogP contribution in [0.3, 0.4) is 0 Å². The third-order valence-corrected chi connectivity index (χ3v) is 6.91. The molecule has 8 rings (SSSR count). The van der Waals surface area contributed by atoms with Crippen LogP contribution in [0.4, 0.5) is 11.4 Å². The summed E-state index contributed by atoms with van der Waals surface area (Å²) >= 11 is 0. The molecular formula is C30H16N2. The van der Waals surface area contributed by atoms with Gasteiger partial charge in [0.1, 0.15) is 0 Å². The van der Waals surface area contributed by atoms with Gasteiger partial charge in [-0.05, 0) is 57.5 Å². The molecule has 0 amide bonds. The van der Waals surface area contributed by atoms with Crippen molar-refractivity contribution in [3.05, 3.63) is 118 Å².